The van der Waals surface area contributed by atoms with Gasteiger partial charge in [0.1, 0.15) is 5.69 Å². The van der Waals surface area contributed by atoms with Gasteiger partial charge in [-0.05, 0) is 55.5 Å². The van der Waals surface area contributed by atoms with E-state index < -0.39 is 0 Å². The van der Waals surface area contributed by atoms with Crippen molar-refractivity contribution in [3.05, 3.63) is 47.8 Å². The summed E-state index contributed by atoms with van der Waals surface area (Å²) in [6.07, 6.45) is 3.66. The fourth-order valence-corrected chi connectivity index (χ4v) is 3.43. The van der Waals surface area contributed by atoms with E-state index in [1.165, 1.54) is 0 Å². The van der Waals surface area contributed by atoms with Gasteiger partial charge in [-0.2, -0.15) is 0 Å². The SMILES string of the molecule is Cc1cccnc1C(=O)Nc1ccc2c(OCC3CCOCC3)nn(C)c2c1. The summed E-state index contributed by atoms with van der Waals surface area (Å²) >= 11 is 0. The maximum Gasteiger partial charge on any atom is 0.274 e. The number of hydrogen-bond donors (Lipinski definition) is 1. The van der Waals surface area contributed by atoms with E-state index in [0.29, 0.717) is 29.8 Å². The molecule has 4 rings (SSSR count). The number of fused-ring (bicyclic) bond motifs is 1. The predicted molar refractivity (Wildman–Crippen MR) is 107 cm³/mol. The van der Waals surface area contributed by atoms with Crippen molar-refractivity contribution >= 4 is 22.5 Å². The van der Waals surface area contributed by atoms with Crippen LogP contribution in [0.15, 0.2) is 36.5 Å². The molecule has 1 fully saturated rings. The largest absolute Gasteiger partial charge is 0.476 e. The van der Waals surface area contributed by atoms with E-state index in [0.717, 1.165) is 42.5 Å². The number of nitrogens with zero attached hydrogens (tertiary/aromatic N) is 3. The van der Waals surface area contributed by atoms with E-state index >= 15 is 0 Å². The third kappa shape index (κ3) is 3.84. The number of amides is 1. The first kappa shape index (κ1) is 18.4. The second kappa shape index (κ2) is 7.98. The average Bonchev–Trinajstić information content (AvgIpc) is 3.03. The van der Waals surface area contributed by atoms with Gasteiger partial charge >= 0.3 is 0 Å². The van der Waals surface area contributed by atoms with Crippen molar-refractivity contribution in [3.8, 4) is 5.88 Å². The first-order chi connectivity index (χ1) is 13.6. The van der Waals surface area contributed by atoms with Gasteiger partial charge in [-0.15, -0.1) is 5.10 Å². The second-order valence-corrected chi connectivity index (χ2v) is 7.15. The molecule has 1 aliphatic rings. The van der Waals surface area contributed by atoms with Crippen molar-refractivity contribution in [2.24, 2.45) is 13.0 Å². The Kier molecular flexibility index (Phi) is 5.25. The van der Waals surface area contributed by atoms with Gasteiger partial charge in [-0.1, -0.05) is 6.07 Å². The van der Waals surface area contributed by atoms with Crippen LogP contribution in [0.3, 0.4) is 0 Å². The molecule has 0 atom stereocenters. The Labute approximate surface area is 163 Å². The third-order valence-electron chi connectivity index (χ3n) is 5.10. The van der Waals surface area contributed by atoms with Crippen molar-refractivity contribution in [1.29, 1.82) is 0 Å². The fourth-order valence-electron chi connectivity index (χ4n) is 3.43. The summed E-state index contributed by atoms with van der Waals surface area (Å²) in [6, 6.07) is 9.38. The molecule has 7 heteroatoms. The number of hydrogen-bond acceptors (Lipinski definition) is 5. The molecule has 28 heavy (non-hydrogen) atoms. The van der Waals surface area contributed by atoms with E-state index in [4.69, 9.17) is 9.47 Å². The van der Waals surface area contributed by atoms with Gasteiger partial charge < -0.3 is 14.8 Å². The standard InChI is InChI=1S/C21H24N4O3/c1-14-4-3-9-22-19(14)20(26)23-16-5-6-17-18(12-16)25(2)24-21(17)28-13-15-7-10-27-11-8-15/h3-6,9,12,15H,7-8,10-11,13H2,1-2H3,(H,23,26). The number of carbonyl (C=O) groups is 1. The number of benzene rings is 1. The summed E-state index contributed by atoms with van der Waals surface area (Å²) in [4.78, 5) is 16.7. The second-order valence-electron chi connectivity index (χ2n) is 7.15. The monoisotopic (exact) mass is 380 g/mol. The molecule has 1 N–H and O–H groups in total. The summed E-state index contributed by atoms with van der Waals surface area (Å²) in [6.45, 7) is 4.12. The number of nitrogens with one attached hydrogen (secondary N) is 1. The highest BCUT2D eigenvalue weighted by atomic mass is 16.5. The summed E-state index contributed by atoms with van der Waals surface area (Å²) in [5.41, 5.74) is 2.86. The molecule has 2 aromatic heterocycles. The number of aromatic nitrogens is 3. The summed E-state index contributed by atoms with van der Waals surface area (Å²) in [5.74, 6) is 0.907. The molecule has 0 unspecified atom stereocenters. The summed E-state index contributed by atoms with van der Waals surface area (Å²) < 4.78 is 13.2. The molecular weight excluding hydrogens is 356 g/mol. The number of aryl methyl sites for hydroxylation is 2. The highest BCUT2D eigenvalue weighted by molar-refractivity contribution is 6.04. The minimum absolute atomic E-state index is 0.226. The number of rotatable bonds is 5. The van der Waals surface area contributed by atoms with Crippen LogP contribution in [0, 0.1) is 12.8 Å². The van der Waals surface area contributed by atoms with Crippen LogP contribution < -0.4 is 10.1 Å². The normalized spacial score (nSPS) is 14.9. The van der Waals surface area contributed by atoms with Crippen LogP contribution in [0.1, 0.15) is 28.9 Å². The molecule has 3 heterocycles. The quantitative estimate of drug-likeness (QED) is 0.735. The van der Waals surface area contributed by atoms with Crippen molar-refractivity contribution in [2.75, 3.05) is 25.1 Å². The van der Waals surface area contributed by atoms with Crippen LogP contribution in [0.5, 0.6) is 5.88 Å². The maximum absolute atomic E-state index is 12.5. The summed E-state index contributed by atoms with van der Waals surface area (Å²) in [5, 5.41) is 8.35. The minimum Gasteiger partial charge on any atom is -0.476 e. The van der Waals surface area contributed by atoms with Crippen molar-refractivity contribution in [2.45, 2.75) is 19.8 Å². The van der Waals surface area contributed by atoms with E-state index in [1.54, 1.807) is 10.9 Å². The fraction of sp³-hybridized carbons (Fsp3) is 0.381. The Hall–Kier alpha value is -2.93. The lowest BCUT2D eigenvalue weighted by Gasteiger charge is -2.21. The Morgan fingerprint density at radius 3 is 2.93 bits per heavy atom. The van der Waals surface area contributed by atoms with E-state index in [9.17, 15) is 4.79 Å². The van der Waals surface area contributed by atoms with Gasteiger partial charge in [-0.25, -0.2) is 0 Å². The molecule has 7 nitrogen and oxygen atoms in total. The van der Waals surface area contributed by atoms with E-state index in [-0.39, 0.29) is 5.91 Å². The van der Waals surface area contributed by atoms with E-state index in [2.05, 4.69) is 15.4 Å². The van der Waals surface area contributed by atoms with Crippen LogP contribution in [0.2, 0.25) is 0 Å². The number of pyridine rings is 1. The minimum atomic E-state index is -0.226. The molecule has 3 aromatic rings. The van der Waals surface area contributed by atoms with Gasteiger partial charge in [0.15, 0.2) is 0 Å². The molecule has 1 amide bonds. The lowest BCUT2D eigenvalue weighted by Crippen LogP contribution is -2.21. The van der Waals surface area contributed by atoms with Crippen LogP contribution in [0.4, 0.5) is 5.69 Å². The Morgan fingerprint density at radius 2 is 2.14 bits per heavy atom. The first-order valence-electron chi connectivity index (χ1n) is 9.52. The van der Waals surface area contributed by atoms with Crippen molar-refractivity contribution < 1.29 is 14.3 Å². The highest BCUT2D eigenvalue weighted by Crippen LogP contribution is 2.28. The van der Waals surface area contributed by atoms with Gasteiger partial charge in [0.2, 0.25) is 5.88 Å². The Bertz CT molecular complexity index is 992. The van der Waals surface area contributed by atoms with Gasteiger partial charge in [0.25, 0.3) is 5.91 Å². The van der Waals surface area contributed by atoms with Crippen molar-refractivity contribution in [3.63, 3.8) is 0 Å². The lowest BCUT2D eigenvalue weighted by molar-refractivity contribution is 0.0492. The number of ether oxygens (including phenoxy) is 2. The van der Waals surface area contributed by atoms with Crippen LogP contribution in [0.25, 0.3) is 10.9 Å². The molecule has 0 spiro atoms. The summed E-state index contributed by atoms with van der Waals surface area (Å²) in [7, 11) is 1.87. The molecular formula is C21H24N4O3. The zero-order valence-corrected chi connectivity index (χ0v) is 16.1. The van der Waals surface area contributed by atoms with Crippen LogP contribution >= 0.6 is 0 Å². The van der Waals surface area contributed by atoms with E-state index in [1.807, 2.05) is 44.3 Å². The third-order valence-corrected chi connectivity index (χ3v) is 5.10. The van der Waals surface area contributed by atoms with Crippen molar-refractivity contribution in [1.82, 2.24) is 14.8 Å². The topological polar surface area (TPSA) is 78.3 Å². The van der Waals surface area contributed by atoms with Gasteiger partial charge in [-0.3, -0.25) is 14.5 Å². The average molecular weight is 380 g/mol. The number of carbonyl (C=O) groups excluding carboxylic acids is 1. The van der Waals surface area contributed by atoms with Crippen LogP contribution in [-0.4, -0.2) is 40.5 Å². The smallest absolute Gasteiger partial charge is 0.274 e. The van der Waals surface area contributed by atoms with Gasteiger partial charge in [0, 0.05) is 32.1 Å². The molecule has 1 saturated heterocycles. The molecule has 0 bridgehead atoms. The molecule has 0 radical (unpaired) electrons. The lowest BCUT2D eigenvalue weighted by atomic mass is 10.0. The molecule has 0 saturated carbocycles. The highest BCUT2D eigenvalue weighted by Gasteiger charge is 2.17. The Balaban J connectivity index is 1.50. The maximum atomic E-state index is 12.5. The first-order valence-corrected chi connectivity index (χ1v) is 9.52. The molecule has 0 aliphatic carbocycles. The Morgan fingerprint density at radius 1 is 1.32 bits per heavy atom. The molecule has 1 aromatic carbocycles. The molecule has 146 valence electrons. The van der Waals surface area contributed by atoms with Crippen LogP contribution in [-0.2, 0) is 11.8 Å². The zero-order valence-electron chi connectivity index (χ0n) is 16.1. The molecule has 1 aliphatic heterocycles. The zero-order chi connectivity index (χ0) is 19.5. The van der Waals surface area contributed by atoms with Gasteiger partial charge in [0.05, 0.1) is 17.5 Å². The number of anilines is 1. The predicted octanol–water partition coefficient (Wildman–Crippen LogP) is 3.33.